The van der Waals surface area contributed by atoms with Gasteiger partial charge in [-0.25, -0.2) is 0 Å². The zero-order valence-electron chi connectivity index (χ0n) is 13.0. The van der Waals surface area contributed by atoms with E-state index < -0.39 is 0 Å². The second-order valence-corrected chi connectivity index (χ2v) is 7.74. The maximum atomic E-state index is 12.7. The number of thioether (sulfide) groups is 1. The summed E-state index contributed by atoms with van der Waals surface area (Å²) in [7, 11) is 0. The SMILES string of the molecule is O=C1CC[C@@H](C(=O)N2CCSCC2)CN1Cc1ccc(Cl)cc1. The van der Waals surface area contributed by atoms with E-state index in [1.54, 1.807) is 0 Å². The molecule has 0 saturated carbocycles. The molecule has 6 heteroatoms. The number of hydrogen-bond donors (Lipinski definition) is 0. The van der Waals surface area contributed by atoms with Crippen LogP contribution in [0.3, 0.4) is 0 Å². The number of carbonyl (C=O) groups excluding carboxylic acids is 2. The molecule has 0 bridgehead atoms. The molecular formula is C17H21ClN2O2S. The highest BCUT2D eigenvalue weighted by Crippen LogP contribution is 2.23. The van der Waals surface area contributed by atoms with Gasteiger partial charge in [-0.2, -0.15) is 11.8 Å². The Labute approximate surface area is 146 Å². The van der Waals surface area contributed by atoms with Crippen LogP contribution in [0.1, 0.15) is 18.4 Å². The second kappa shape index (κ2) is 7.58. The molecule has 0 unspecified atom stereocenters. The van der Waals surface area contributed by atoms with Gasteiger partial charge >= 0.3 is 0 Å². The zero-order valence-corrected chi connectivity index (χ0v) is 14.6. The third-order valence-electron chi connectivity index (χ3n) is 4.46. The molecule has 2 saturated heterocycles. The molecule has 1 aromatic carbocycles. The second-order valence-electron chi connectivity index (χ2n) is 6.07. The predicted octanol–water partition coefficient (Wildman–Crippen LogP) is 2.65. The zero-order chi connectivity index (χ0) is 16.2. The van der Waals surface area contributed by atoms with E-state index in [2.05, 4.69) is 0 Å². The Hall–Kier alpha value is -1.20. The number of amides is 2. The Morgan fingerprint density at radius 1 is 1.22 bits per heavy atom. The maximum absolute atomic E-state index is 12.7. The minimum Gasteiger partial charge on any atom is -0.341 e. The van der Waals surface area contributed by atoms with Crippen LogP contribution in [0.4, 0.5) is 0 Å². The lowest BCUT2D eigenvalue weighted by Gasteiger charge is -2.36. The minimum atomic E-state index is -0.0527. The van der Waals surface area contributed by atoms with Crippen molar-refractivity contribution in [1.82, 2.24) is 9.80 Å². The normalized spacial score (nSPS) is 22.3. The van der Waals surface area contributed by atoms with E-state index >= 15 is 0 Å². The summed E-state index contributed by atoms with van der Waals surface area (Å²) in [6, 6.07) is 7.53. The fourth-order valence-electron chi connectivity index (χ4n) is 3.12. The van der Waals surface area contributed by atoms with E-state index in [-0.39, 0.29) is 17.7 Å². The molecule has 2 aliphatic heterocycles. The van der Waals surface area contributed by atoms with E-state index in [4.69, 9.17) is 11.6 Å². The molecule has 0 aromatic heterocycles. The molecule has 0 N–H and O–H groups in total. The van der Waals surface area contributed by atoms with Gasteiger partial charge in [0.05, 0.1) is 5.92 Å². The summed E-state index contributed by atoms with van der Waals surface area (Å²) in [6.07, 6.45) is 1.14. The van der Waals surface area contributed by atoms with Gasteiger partial charge in [-0.3, -0.25) is 9.59 Å². The third-order valence-corrected chi connectivity index (χ3v) is 5.65. The Morgan fingerprint density at radius 3 is 2.61 bits per heavy atom. The largest absolute Gasteiger partial charge is 0.341 e. The van der Waals surface area contributed by atoms with Gasteiger partial charge in [0.1, 0.15) is 0 Å². The molecule has 124 valence electrons. The van der Waals surface area contributed by atoms with Crippen LogP contribution in [0, 0.1) is 5.92 Å². The van der Waals surface area contributed by atoms with E-state index in [9.17, 15) is 9.59 Å². The number of halogens is 1. The molecule has 2 amide bonds. The van der Waals surface area contributed by atoms with Crippen molar-refractivity contribution in [3.63, 3.8) is 0 Å². The van der Waals surface area contributed by atoms with Gasteiger partial charge in [0, 0.05) is 49.1 Å². The van der Waals surface area contributed by atoms with E-state index in [1.807, 2.05) is 45.8 Å². The van der Waals surface area contributed by atoms with Crippen molar-refractivity contribution in [2.45, 2.75) is 19.4 Å². The van der Waals surface area contributed by atoms with Crippen molar-refractivity contribution in [1.29, 1.82) is 0 Å². The average molecular weight is 353 g/mol. The lowest BCUT2D eigenvalue weighted by Crippen LogP contribution is -2.48. The first kappa shape index (κ1) is 16.7. The number of piperidine rings is 1. The van der Waals surface area contributed by atoms with Crippen molar-refractivity contribution in [2.75, 3.05) is 31.1 Å². The summed E-state index contributed by atoms with van der Waals surface area (Å²) in [5.41, 5.74) is 1.05. The highest BCUT2D eigenvalue weighted by Gasteiger charge is 2.33. The Balaban J connectivity index is 1.63. The molecule has 1 atom stereocenters. The molecule has 1 aromatic rings. The molecule has 3 rings (SSSR count). The smallest absolute Gasteiger partial charge is 0.227 e. The summed E-state index contributed by atoms with van der Waals surface area (Å²) >= 11 is 7.80. The number of benzene rings is 1. The molecule has 23 heavy (non-hydrogen) atoms. The van der Waals surface area contributed by atoms with Crippen LogP contribution in [0.2, 0.25) is 5.02 Å². The molecule has 0 aliphatic carbocycles. The first-order chi connectivity index (χ1) is 11.1. The van der Waals surface area contributed by atoms with E-state index in [1.165, 1.54) is 0 Å². The van der Waals surface area contributed by atoms with Gasteiger partial charge in [-0.15, -0.1) is 0 Å². The quantitative estimate of drug-likeness (QED) is 0.839. The first-order valence-corrected chi connectivity index (χ1v) is 9.55. The van der Waals surface area contributed by atoms with Crippen molar-refractivity contribution in [3.05, 3.63) is 34.9 Å². The number of nitrogens with zero attached hydrogens (tertiary/aromatic N) is 2. The fraction of sp³-hybridized carbons (Fsp3) is 0.529. The summed E-state index contributed by atoms with van der Waals surface area (Å²) in [5.74, 6) is 2.35. The van der Waals surface area contributed by atoms with Crippen molar-refractivity contribution >= 4 is 35.2 Å². The Morgan fingerprint density at radius 2 is 1.91 bits per heavy atom. The number of likely N-dealkylation sites (tertiary alicyclic amines) is 1. The molecule has 2 heterocycles. The summed E-state index contributed by atoms with van der Waals surface area (Å²) in [6.45, 7) is 2.76. The summed E-state index contributed by atoms with van der Waals surface area (Å²) < 4.78 is 0. The molecule has 0 radical (unpaired) electrons. The molecular weight excluding hydrogens is 332 g/mol. The van der Waals surface area contributed by atoms with Gasteiger partial charge in [0.2, 0.25) is 11.8 Å². The highest BCUT2D eigenvalue weighted by atomic mass is 35.5. The fourth-order valence-corrected chi connectivity index (χ4v) is 4.15. The number of hydrogen-bond acceptors (Lipinski definition) is 3. The van der Waals surface area contributed by atoms with E-state index in [0.717, 1.165) is 30.2 Å². The molecule has 4 nitrogen and oxygen atoms in total. The molecule has 2 aliphatic rings. The molecule has 2 fully saturated rings. The first-order valence-electron chi connectivity index (χ1n) is 8.02. The van der Waals surface area contributed by atoms with Crippen LogP contribution in [0.5, 0.6) is 0 Å². The standard InChI is InChI=1S/C17H21ClN2O2S/c18-15-4-1-13(2-5-15)11-20-12-14(3-6-16(20)21)17(22)19-7-9-23-10-8-19/h1-2,4-5,14H,3,6-12H2/t14-/m1/s1. The minimum absolute atomic E-state index is 0.0527. The van der Waals surface area contributed by atoms with Crippen LogP contribution in [-0.4, -0.2) is 52.8 Å². The number of carbonyl (C=O) groups is 2. The topological polar surface area (TPSA) is 40.6 Å². The van der Waals surface area contributed by atoms with Gasteiger partial charge in [0.15, 0.2) is 0 Å². The van der Waals surface area contributed by atoms with Crippen molar-refractivity contribution in [2.24, 2.45) is 5.92 Å². The maximum Gasteiger partial charge on any atom is 0.227 e. The average Bonchev–Trinajstić information content (AvgIpc) is 2.59. The van der Waals surface area contributed by atoms with Crippen LogP contribution in [-0.2, 0) is 16.1 Å². The van der Waals surface area contributed by atoms with Crippen molar-refractivity contribution < 1.29 is 9.59 Å². The Bertz CT molecular complexity index is 572. The van der Waals surface area contributed by atoms with Crippen LogP contribution < -0.4 is 0 Å². The summed E-state index contributed by atoms with van der Waals surface area (Å²) in [5, 5.41) is 0.690. The van der Waals surface area contributed by atoms with E-state index in [0.29, 0.717) is 31.0 Å². The predicted molar refractivity (Wildman–Crippen MR) is 93.5 cm³/mol. The molecule has 0 spiro atoms. The van der Waals surface area contributed by atoms with Gasteiger partial charge in [0.25, 0.3) is 0 Å². The van der Waals surface area contributed by atoms with Gasteiger partial charge in [-0.1, -0.05) is 23.7 Å². The third kappa shape index (κ3) is 4.21. The van der Waals surface area contributed by atoms with Crippen LogP contribution >= 0.6 is 23.4 Å². The van der Waals surface area contributed by atoms with Crippen molar-refractivity contribution in [3.8, 4) is 0 Å². The summed E-state index contributed by atoms with van der Waals surface area (Å²) in [4.78, 5) is 28.6. The van der Waals surface area contributed by atoms with Gasteiger partial charge in [-0.05, 0) is 24.1 Å². The monoisotopic (exact) mass is 352 g/mol. The van der Waals surface area contributed by atoms with Crippen LogP contribution in [0.25, 0.3) is 0 Å². The van der Waals surface area contributed by atoms with Gasteiger partial charge < -0.3 is 9.80 Å². The van der Waals surface area contributed by atoms with Crippen LogP contribution in [0.15, 0.2) is 24.3 Å². The lowest BCUT2D eigenvalue weighted by molar-refractivity contribution is -0.143. The Kier molecular flexibility index (Phi) is 5.49. The highest BCUT2D eigenvalue weighted by molar-refractivity contribution is 7.99. The number of rotatable bonds is 3. The lowest BCUT2D eigenvalue weighted by atomic mass is 9.95.